The second-order valence-corrected chi connectivity index (χ2v) is 10.3. The second kappa shape index (κ2) is 21.9. The van der Waals surface area contributed by atoms with Crippen LogP contribution in [0.5, 0.6) is 0 Å². The molecule has 2 nitrogen and oxygen atoms in total. The number of benzene rings is 2. The summed E-state index contributed by atoms with van der Waals surface area (Å²) in [7, 11) is 0. The first kappa shape index (κ1) is 34.0. The third kappa shape index (κ3) is 13.7. The van der Waals surface area contributed by atoms with E-state index >= 15 is 0 Å². The van der Waals surface area contributed by atoms with E-state index in [1.807, 2.05) is 6.07 Å². The van der Waals surface area contributed by atoms with Crippen molar-refractivity contribution >= 4 is 22.8 Å². The van der Waals surface area contributed by atoms with Gasteiger partial charge in [-0.1, -0.05) is 116 Å². The first-order valence-electron chi connectivity index (χ1n) is 15.2. The van der Waals surface area contributed by atoms with E-state index in [9.17, 15) is 0 Å². The van der Waals surface area contributed by atoms with Crippen LogP contribution >= 0.6 is 0 Å². The van der Waals surface area contributed by atoms with Crippen LogP contribution in [0.25, 0.3) is 0 Å². The molecule has 0 fully saturated rings. The quantitative estimate of drug-likeness (QED) is 0.0929. The van der Waals surface area contributed by atoms with Crippen molar-refractivity contribution in [3.63, 3.8) is 0 Å². The Labute approximate surface area is 244 Å². The van der Waals surface area contributed by atoms with Gasteiger partial charge in [0.05, 0.1) is 22.8 Å². The predicted molar refractivity (Wildman–Crippen MR) is 166 cm³/mol. The van der Waals surface area contributed by atoms with Crippen LogP contribution in [0, 0.1) is 0 Å². The monoisotopic (exact) mass is 558 g/mol. The van der Waals surface area contributed by atoms with Crippen molar-refractivity contribution in [2.45, 2.75) is 124 Å². The van der Waals surface area contributed by atoms with Crippen molar-refractivity contribution in [3.8, 4) is 0 Å². The van der Waals surface area contributed by atoms with Gasteiger partial charge in [-0.3, -0.25) is 4.99 Å². The number of allylic oxidation sites excluding steroid dienone is 2. The minimum atomic E-state index is 0. The number of unbranched alkanes of at least 4 members (excludes halogenated alkanes) is 8. The van der Waals surface area contributed by atoms with Gasteiger partial charge in [0.25, 0.3) is 0 Å². The topological polar surface area (TPSA) is 24.7 Å². The van der Waals surface area contributed by atoms with E-state index in [4.69, 9.17) is 9.98 Å². The van der Waals surface area contributed by atoms with E-state index in [0.717, 1.165) is 67.7 Å². The fraction of sp³-hybridized carbons (Fsp3) is 0.543. The minimum absolute atomic E-state index is 0. The molecule has 0 heterocycles. The maximum absolute atomic E-state index is 5.23. The van der Waals surface area contributed by atoms with Gasteiger partial charge in [0.1, 0.15) is 0 Å². The van der Waals surface area contributed by atoms with Crippen LogP contribution < -0.4 is 0 Å². The summed E-state index contributed by atoms with van der Waals surface area (Å²) >= 11 is 0. The van der Waals surface area contributed by atoms with E-state index in [0.29, 0.717) is 0 Å². The van der Waals surface area contributed by atoms with Gasteiger partial charge in [0.15, 0.2) is 0 Å². The summed E-state index contributed by atoms with van der Waals surface area (Å²) in [4.78, 5) is 10.3. The molecule has 0 N–H and O–H groups in total. The van der Waals surface area contributed by atoms with Gasteiger partial charge in [-0.25, -0.2) is 4.99 Å². The van der Waals surface area contributed by atoms with E-state index < -0.39 is 0 Å². The maximum Gasteiger partial charge on any atom is 0.0848 e. The molecule has 2 rings (SSSR count). The third-order valence-electron chi connectivity index (χ3n) is 6.81. The Balaban J connectivity index is 0.00000722. The molecule has 0 spiro atoms. The fourth-order valence-electron chi connectivity index (χ4n) is 4.69. The average Bonchev–Trinajstić information content (AvgIpc) is 2.91. The van der Waals surface area contributed by atoms with Crippen LogP contribution in [-0.4, -0.2) is 11.4 Å². The maximum atomic E-state index is 5.23. The fourth-order valence-corrected chi connectivity index (χ4v) is 4.69. The summed E-state index contributed by atoms with van der Waals surface area (Å²) in [6.45, 7) is 9.05. The van der Waals surface area contributed by atoms with Gasteiger partial charge in [-0.2, -0.15) is 0 Å². The van der Waals surface area contributed by atoms with Crippen LogP contribution in [0.3, 0.4) is 0 Å². The van der Waals surface area contributed by atoms with Crippen LogP contribution in [0.15, 0.2) is 70.7 Å². The normalized spacial score (nSPS) is 12.2. The van der Waals surface area contributed by atoms with Crippen molar-refractivity contribution in [2.75, 3.05) is 0 Å². The molecule has 0 aliphatic heterocycles. The van der Waals surface area contributed by atoms with Gasteiger partial charge >= 0.3 is 0 Å². The number of aryl methyl sites for hydroxylation is 2. The molecule has 0 bridgehead atoms. The zero-order valence-electron chi connectivity index (χ0n) is 24.6. The van der Waals surface area contributed by atoms with Gasteiger partial charge < -0.3 is 0 Å². The molecule has 0 radical (unpaired) electrons. The number of nitrogens with zero attached hydrogens (tertiary/aromatic N) is 2. The molecule has 0 unspecified atom stereocenters. The summed E-state index contributed by atoms with van der Waals surface area (Å²) in [5.74, 6) is 0. The van der Waals surface area contributed by atoms with Gasteiger partial charge in [-0.05, 0) is 80.0 Å². The van der Waals surface area contributed by atoms with Crippen LogP contribution in [0.4, 0.5) is 11.4 Å². The van der Waals surface area contributed by atoms with Gasteiger partial charge in [-0.15, -0.1) is 0 Å². The molecule has 0 aliphatic carbocycles. The average molecular weight is 560 g/mol. The van der Waals surface area contributed by atoms with Gasteiger partial charge in [0.2, 0.25) is 0 Å². The van der Waals surface area contributed by atoms with Crippen molar-refractivity contribution in [1.82, 2.24) is 0 Å². The summed E-state index contributed by atoms with van der Waals surface area (Å²) in [6, 6.07) is 17.2. The molecular formula is C35H52N2Ni. The zero-order chi connectivity index (χ0) is 26.6. The molecule has 212 valence electrons. The Kier molecular flexibility index (Phi) is 19.6. The molecule has 0 aliphatic rings. The van der Waals surface area contributed by atoms with E-state index in [1.54, 1.807) is 0 Å². The molecule has 0 saturated heterocycles. The first-order valence-corrected chi connectivity index (χ1v) is 15.2. The molecule has 2 aromatic rings. The Morgan fingerprint density at radius 1 is 0.632 bits per heavy atom. The SMILES string of the molecule is CCCCCCCCC/C=C/C(=N\c1ccccc1)C(/CCCC)=N/c1ccc(CCC)c(CCC)c1.[Ni]. The van der Waals surface area contributed by atoms with E-state index in [1.165, 1.54) is 62.5 Å². The summed E-state index contributed by atoms with van der Waals surface area (Å²) in [6.07, 6.45) is 22.9. The molecule has 2 aromatic carbocycles. The minimum Gasteiger partial charge on any atom is -0.251 e. The predicted octanol–water partition coefficient (Wildman–Crippen LogP) is 11.3. The Bertz CT molecular complexity index is 959. The van der Waals surface area contributed by atoms with Crippen LogP contribution in [0.1, 0.15) is 122 Å². The first-order chi connectivity index (χ1) is 18.2. The summed E-state index contributed by atoms with van der Waals surface area (Å²) in [5, 5.41) is 0. The molecule has 0 saturated carbocycles. The summed E-state index contributed by atoms with van der Waals surface area (Å²) < 4.78 is 0. The molecule has 0 amide bonds. The molecule has 3 heteroatoms. The van der Waals surface area contributed by atoms with E-state index in [-0.39, 0.29) is 16.5 Å². The Hall–Kier alpha value is -1.99. The standard InChI is InChI=1S/C35H52N2.Ni/c1-5-9-11-12-13-14-15-16-20-26-35(36-32-23-18-17-19-24-32)34(25-10-6-2)37-33-28-27-30(21-7-3)31(29-33)22-8-4;/h17-20,23-24,26-29H,5-16,21-22,25H2,1-4H3;/b26-20+,36-35+,37-34+;. The molecule has 0 aromatic heterocycles. The number of para-hydroxylation sites is 1. The Morgan fingerprint density at radius 3 is 1.97 bits per heavy atom. The second-order valence-electron chi connectivity index (χ2n) is 10.3. The number of rotatable bonds is 19. The molecule has 38 heavy (non-hydrogen) atoms. The number of aliphatic imine (C=N–C) groups is 2. The third-order valence-corrected chi connectivity index (χ3v) is 6.81. The molecule has 0 atom stereocenters. The van der Waals surface area contributed by atoms with Gasteiger partial charge in [0, 0.05) is 16.5 Å². The van der Waals surface area contributed by atoms with Crippen molar-refractivity contribution < 1.29 is 16.5 Å². The van der Waals surface area contributed by atoms with Crippen molar-refractivity contribution in [3.05, 3.63) is 71.8 Å². The van der Waals surface area contributed by atoms with Crippen LogP contribution in [-0.2, 0) is 29.3 Å². The summed E-state index contributed by atoms with van der Waals surface area (Å²) in [5.41, 5.74) is 7.11. The Morgan fingerprint density at radius 2 is 1.29 bits per heavy atom. The number of hydrogen-bond donors (Lipinski definition) is 0. The van der Waals surface area contributed by atoms with Crippen LogP contribution in [0.2, 0.25) is 0 Å². The molecular weight excluding hydrogens is 507 g/mol. The largest absolute Gasteiger partial charge is 0.251 e. The van der Waals surface area contributed by atoms with Crippen molar-refractivity contribution in [2.24, 2.45) is 9.98 Å². The van der Waals surface area contributed by atoms with Crippen molar-refractivity contribution in [1.29, 1.82) is 0 Å². The smallest absolute Gasteiger partial charge is 0.0848 e. The number of hydrogen-bond acceptors (Lipinski definition) is 2. The zero-order valence-corrected chi connectivity index (χ0v) is 25.6. The van der Waals surface area contributed by atoms with E-state index in [2.05, 4.69) is 82.3 Å².